The third-order valence-corrected chi connectivity index (χ3v) is 3.99. The predicted molar refractivity (Wildman–Crippen MR) is 92.1 cm³/mol. The molecule has 0 rings (SSSR count). The van der Waals surface area contributed by atoms with Gasteiger partial charge in [-0.3, -0.25) is 14.4 Å². The molecule has 0 aliphatic rings. The minimum absolute atomic E-state index is 0.171. The summed E-state index contributed by atoms with van der Waals surface area (Å²) >= 11 is 0. The molecule has 0 bridgehead atoms. The van der Waals surface area contributed by atoms with Crippen molar-refractivity contribution >= 4 is 23.7 Å². The molecule has 3 amide bonds. The summed E-state index contributed by atoms with van der Waals surface area (Å²) in [6.07, 6.45) is 0.618. The van der Waals surface area contributed by atoms with Crippen LogP contribution in [-0.2, 0) is 19.2 Å². The van der Waals surface area contributed by atoms with Crippen molar-refractivity contribution < 1.29 is 39.6 Å². The number of nitrogens with one attached hydrogen (secondary N) is 3. The summed E-state index contributed by atoms with van der Waals surface area (Å²) < 4.78 is 0. The Morgan fingerprint density at radius 1 is 0.815 bits per heavy atom. The van der Waals surface area contributed by atoms with Gasteiger partial charge in [0.1, 0.15) is 18.1 Å². The summed E-state index contributed by atoms with van der Waals surface area (Å²) in [6, 6.07) is -5.51. The van der Waals surface area contributed by atoms with Crippen molar-refractivity contribution in [2.24, 2.45) is 11.7 Å². The van der Waals surface area contributed by atoms with Crippen molar-refractivity contribution in [3.05, 3.63) is 0 Å². The van der Waals surface area contributed by atoms with Crippen LogP contribution < -0.4 is 21.7 Å². The number of rotatable bonds is 12. The highest BCUT2D eigenvalue weighted by Crippen LogP contribution is 2.05. The van der Waals surface area contributed by atoms with E-state index in [0.717, 1.165) is 0 Å². The number of nitrogens with two attached hydrogens (primary N) is 1. The van der Waals surface area contributed by atoms with Crippen molar-refractivity contribution in [1.29, 1.82) is 0 Å². The molecule has 0 saturated heterocycles. The van der Waals surface area contributed by atoms with E-state index in [1.165, 1.54) is 0 Å². The number of aliphatic hydroxyl groups is 3. The number of aliphatic carboxylic acids is 1. The van der Waals surface area contributed by atoms with Gasteiger partial charge in [-0.05, 0) is 5.92 Å². The molecule has 12 heteroatoms. The molecule has 5 unspecified atom stereocenters. The molecule has 156 valence electrons. The summed E-state index contributed by atoms with van der Waals surface area (Å²) in [5.41, 5.74) is 5.74. The van der Waals surface area contributed by atoms with E-state index in [4.69, 9.17) is 15.9 Å². The average molecular weight is 392 g/mol. The van der Waals surface area contributed by atoms with Crippen molar-refractivity contribution in [2.75, 3.05) is 19.8 Å². The van der Waals surface area contributed by atoms with Crippen molar-refractivity contribution in [2.45, 2.75) is 44.4 Å². The first-order valence-corrected chi connectivity index (χ1v) is 8.34. The van der Waals surface area contributed by atoms with Crippen LogP contribution in [0.15, 0.2) is 0 Å². The fraction of sp³-hybridized carbons (Fsp3) is 0.733. The number of carboxylic acid groups (broad SMARTS) is 1. The number of hydrogen-bond donors (Lipinski definition) is 8. The molecule has 0 fully saturated rings. The highest BCUT2D eigenvalue weighted by Gasteiger charge is 2.30. The van der Waals surface area contributed by atoms with E-state index in [1.54, 1.807) is 6.92 Å². The average Bonchev–Trinajstić information content (AvgIpc) is 2.65. The Kier molecular flexibility index (Phi) is 11.1. The first-order valence-electron chi connectivity index (χ1n) is 8.34. The number of carbonyl (C=O) groups excluding carboxylic acids is 3. The topological polar surface area (TPSA) is 211 Å². The van der Waals surface area contributed by atoms with Crippen molar-refractivity contribution in [1.82, 2.24) is 16.0 Å². The van der Waals surface area contributed by atoms with Crippen LogP contribution in [0.2, 0.25) is 0 Å². The van der Waals surface area contributed by atoms with E-state index in [9.17, 15) is 29.4 Å². The van der Waals surface area contributed by atoms with Crippen molar-refractivity contribution in [3.8, 4) is 0 Å². The molecule has 0 radical (unpaired) electrons. The molecular weight excluding hydrogens is 364 g/mol. The van der Waals surface area contributed by atoms with Crippen LogP contribution in [0.4, 0.5) is 0 Å². The van der Waals surface area contributed by atoms with Crippen LogP contribution in [0, 0.1) is 5.92 Å². The van der Waals surface area contributed by atoms with E-state index in [1.807, 2.05) is 12.2 Å². The van der Waals surface area contributed by atoms with Gasteiger partial charge in [-0.25, -0.2) is 4.79 Å². The summed E-state index contributed by atoms with van der Waals surface area (Å²) in [5.74, 6) is -4.39. The molecule has 27 heavy (non-hydrogen) atoms. The summed E-state index contributed by atoms with van der Waals surface area (Å²) in [4.78, 5) is 46.9. The van der Waals surface area contributed by atoms with Gasteiger partial charge in [0.05, 0.1) is 25.9 Å². The first-order chi connectivity index (χ1) is 12.6. The molecule has 9 N–H and O–H groups in total. The zero-order valence-corrected chi connectivity index (χ0v) is 15.2. The molecule has 0 aliphatic heterocycles. The number of amides is 3. The number of aliphatic hydroxyl groups excluding tert-OH is 3. The molecule has 0 heterocycles. The largest absolute Gasteiger partial charge is 0.480 e. The molecular formula is C15H28N4O8. The maximum Gasteiger partial charge on any atom is 0.328 e. The van der Waals surface area contributed by atoms with Gasteiger partial charge in [0.2, 0.25) is 17.7 Å². The third-order valence-electron chi connectivity index (χ3n) is 3.99. The van der Waals surface area contributed by atoms with Crippen LogP contribution in [0.3, 0.4) is 0 Å². The highest BCUT2D eigenvalue weighted by atomic mass is 16.4. The quantitative estimate of drug-likeness (QED) is 0.162. The second kappa shape index (κ2) is 12.2. The zero-order chi connectivity index (χ0) is 21.1. The normalized spacial score (nSPS) is 16.4. The van der Waals surface area contributed by atoms with E-state index in [-0.39, 0.29) is 5.92 Å². The van der Waals surface area contributed by atoms with Gasteiger partial charge in [-0.2, -0.15) is 0 Å². The second-order valence-corrected chi connectivity index (χ2v) is 5.98. The fourth-order valence-electron chi connectivity index (χ4n) is 1.90. The SMILES string of the molecule is CCC(C)C(N)C(=O)NC(CO)C(=O)NC(CO)C(=O)NC(CO)C(=O)O. The van der Waals surface area contributed by atoms with Crippen LogP contribution >= 0.6 is 0 Å². The minimum Gasteiger partial charge on any atom is -0.480 e. The van der Waals surface area contributed by atoms with Crippen LogP contribution in [0.1, 0.15) is 20.3 Å². The van der Waals surface area contributed by atoms with Gasteiger partial charge in [0.15, 0.2) is 0 Å². The monoisotopic (exact) mass is 392 g/mol. The van der Waals surface area contributed by atoms with Gasteiger partial charge in [0, 0.05) is 0 Å². The van der Waals surface area contributed by atoms with Gasteiger partial charge in [0.25, 0.3) is 0 Å². The molecule has 0 aromatic rings. The Hall–Kier alpha value is -2.28. The highest BCUT2D eigenvalue weighted by molar-refractivity contribution is 5.94. The lowest BCUT2D eigenvalue weighted by Gasteiger charge is -2.24. The molecule has 0 aromatic carbocycles. The van der Waals surface area contributed by atoms with Gasteiger partial charge < -0.3 is 42.1 Å². The third kappa shape index (κ3) is 7.86. The molecule has 0 aliphatic carbocycles. The Morgan fingerprint density at radius 3 is 1.52 bits per heavy atom. The lowest BCUT2D eigenvalue weighted by atomic mass is 9.99. The first kappa shape index (κ1) is 24.7. The second-order valence-electron chi connectivity index (χ2n) is 5.98. The number of carboxylic acids is 1. The fourth-order valence-corrected chi connectivity index (χ4v) is 1.90. The van der Waals surface area contributed by atoms with Crippen molar-refractivity contribution in [3.63, 3.8) is 0 Å². The lowest BCUT2D eigenvalue weighted by Crippen LogP contribution is -2.59. The van der Waals surface area contributed by atoms with Crippen LogP contribution in [0.25, 0.3) is 0 Å². The lowest BCUT2D eigenvalue weighted by molar-refractivity contribution is -0.143. The van der Waals surface area contributed by atoms with Gasteiger partial charge in [-0.15, -0.1) is 0 Å². The number of carbonyl (C=O) groups is 4. The molecule has 12 nitrogen and oxygen atoms in total. The summed E-state index contributed by atoms with van der Waals surface area (Å²) in [7, 11) is 0. The van der Waals surface area contributed by atoms with Gasteiger partial charge >= 0.3 is 5.97 Å². The molecule has 0 spiro atoms. The molecule has 0 saturated carbocycles. The zero-order valence-electron chi connectivity index (χ0n) is 15.2. The Morgan fingerprint density at radius 2 is 1.19 bits per heavy atom. The van der Waals surface area contributed by atoms with E-state index in [0.29, 0.717) is 6.42 Å². The van der Waals surface area contributed by atoms with E-state index in [2.05, 4.69) is 10.6 Å². The Bertz CT molecular complexity index is 530. The maximum atomic E-state index is 12.2. The van der Waals surface area contributed by atoms with Gasteiger partial charge in [-0.1, -0.05) is 20.3 Å². The Labute approximate surface area is 156 Å². The Balaban J connectivity index is 4.93. The van der Waals surface area contributed by atoms with Crippen LogP contribution in [0.5, 0.6) is 0 Å². The van der Waals surface area contributed by atoms with Crippen LogP contribution in [-0.4, -0.2) is 88.1 Å². The smallest absolute Gasteiger partial charge is 0.328 e. The molecule has 0 aromatic heterocycles. The minimum atomic E-state index is -1.62. The predicted octanol–water partition coefficient (Wildman–Crippen LogP) is -4.12. The van der Waals surface area contributed by atoms with E-state index >= 15 is 0 Å². The molecule has 5 atom stereocenters. The van der Waals surface area contributed by atoms with E-state index < -0.39 is 67.7 Å². The summed E-state index contributed by atoms with van der Waals surface area (Å²) in [5, 5.41) is 42.5. The standard InChI is InChI=1S/C15H28N4O8/c1-3-7(2)11(16)14(25)18-9(5-21)12(23)17-8(4-20)13(24)19-10(6-22)15(26)27/h7-11,20-22H,3-6,16H2,1-2H3,(H,17,23)(H,18,25)(H,19,24)(H,26,27). The summed E-state index contributed by atoms with van der Waals surface area (Å²) in [6.45, 7) is 1.00. The maximum absolute atomic E-state index is 12.2. The number of hydrogen-bond acceptors (Lipinski definition) is 8.